The van der Waals surface area contributed by atoms with E-state index in [1.165, 1.54) is 18.4 Å². The van der Waals surface area contributed by atoms with Gasteiger partial charge in [-0.15, -0.1) is 0 Å². The molecule has 0 amide bonds. The van der Waals surface area contributed by atoms with E-state index in [1.807, 2.05) is 30.3 Å². The molecule has 168 valence electrons. The summed E-state index contributed by atoms with van der Waals surface area (Å²) in [5, 5.41) is 3.57. The number of benzene rings is 2. The summed E-state index contributed by atoms with van der Waals surface area (Å²) in [7, 11) is 1.67. The second-order valence-corrected chi connectivity index (χ2v) is 9.15. The Morgan fingerprint density at radius 2 is 1.72 bits per heavy atom. The summed E-state index contributed by atoms with van der Waals surface area (Å²) < 4.78 is 12.4. The average Bonchev–Trinajstić information content (AvgIpc) is 3.32. The number of halogens is 1. The van der Waals surface area contributed by atoms with Gasteiger partial charge >= 0.3 is 0 Å². The SMILES string of the molecule is COc1ccc(COc2ccc(C)c(Nc3nc(N4CCCC4)c(C)cc3Br)c2C)cc1. The van der Waals surface area contributed by atoms with Crippen molar-refractivity contribution in [2.75, 3.05) is 30.4 Å². The highest BCUT2D eigenvalue weighted by atomic mass is 79.9. The lowest BCUT2D eigenvalue weighted by atomic mass is 10.1. The van der Waals surface area contributed by atoms with E-state index in [9.17, 15) is 0 Å². The Kier molecular flexibility index (Phi) is 6.89. The van der Waals surface area contributed by atoms with Gasteiger partial charge < -0.3 is 19.7 Å². The van der Waals surface area contributed by atoms with E-state index in [0.717, 1.165) is 63.1 Å². The Morgan fingerprint density at radius 1 is 1.00 bits per heavy atom. The summed E-state index contributed by atoms with van der Waals surface area (Å²) in [4.78, 5) is 7.36. The third-order valence-electron chi connectivity index (χ3n) is 5.97. The normalized spacial score (nSPS) is 13.3. The molecule has 1 aliphatic rings. The Morgan fingerprint density at radius 3 is 2.41 bits per heavy atom. The summed E-state index contributed by atoms with van der Waals surface area (Å²) in [6.45, 7) is 8.95. The van der Waals surface area contributed by atoms with E-state index in [-0.39, 0.29) is 0 Å². The van der Waals surface area contributed by atoms with Crippen molar-refractivity contribution in [2.45, 2.75) is 40.2 Å². The first-order chi connectivity index (χ1) is 15.5. The maximum absolute atomic E-state index is 6.16. The number of anilines is 3. The van der Waals surface area contributed by atoms with Crippen molar-refractivity contribution in [2.24, 2.45) is 0 Å². The van der Waals surface area contributed by atoms with Crippen molar-refractivity contribution in [1.29, 1.82) is 0 Å². The van der Waals surface area contributed by atoms with Gasteiger partial charge in [0.05, 0.1) is 11.6 Å². The maximum atomic E-state index is 6.16. The fourth-order valence-corrected chi connectivity index (χ4v) is 4.62. The fraction of sp³-hybridized carbons (Fsp3) is 0.346. The van der Waals surface area contributed by atoms with Crippen LogP contribution in [0.1, 0.15) is 35.1 Å². The molecule has 0 atom stereocenters. The van der Waals surface area contributed by atoms with Crippen molar-refractivity contribution in [3.8, 4) is 11.5 Å². The van der Waals surface area contributed by atoms with Crippen molar-refractivity contribution < 1.29 is 9.47 Å². The molecular weight excluding hydrogens is 466 g/mol. The number of ether oxygens (including phenoxy) is 2. The molecule has 1 saturated heterocycles. The predicted molar refractivity (Wildman–Crippen MR) is 135 cm³/mol. The van der Waals surface area contributed by atoms with E-state index in [4.69, 9.17) is 14.5 Å². The highest BCUT2D eigenvalue weighted by molar-refractivity contribution is 9.10. The van der Waals surface area contributed by atoms with Crippen molar-refractivity contribution in [1.82, 2.24) is 4.98 Å². The molecule has 32 heavy (non-hydrogen) atoms. The van der Waals surface area contributed by atoms with Gasteiger partial charge in [-0.3, -0.25) is 0 Å². The predicted octanol–water partition coefficient (Wildman–Crippen LogP) is 6.70. The molecule has 1 N–H and O–H groups in total. The summed E-state index contributed by atoms with van der Waals surface area (Å²) in [6.07, 6.45) is 2.46. The maximum Gasteiger partial charge on any atom is 0.147 e. The van der Waals surface area contributed by atoms with Gasteiger partial charge in [-0.25, -0.2) is 4.98 Å². The van der Waals surface area contributed by atoms with Gasteiger partial charge in [-0.2, -0.15) is 0 Å². The molecule has 0 aliphatic carbocycles. The van der Waals surface area contributed by atoms with Gasteiger partial charge in [-0.1, -0.05) is 18.2 Å². The number of methoxy groups -OCH3 is 1. The topological polar surface area (TPSA) is 46.6 Å². The second kappa shape index (κ2) is 9.82. The van der Waals surface area contributed by atoms with Crippen LogP contribution in [0.25, 0.3) is 0 Å². The molecule has 6 heteroatoms. The molecule has 3 aromatic rings. The van der Waals surface area contributed by atoms with E-state index in [0.29, 0.717) is 6.61 Å². The lowest BCUT2D eigenvalue weighted by molar-refractivity contribution is 0.304. The Hall–Kier alpha value is -2.73. The monoisotopic (exact) mass is 495 g/mol. The van der Waals surface area contributed by atoms with Crippen LogP contribution >= 0.6 is 15.9 Å². The first kappa shape index (κ1) is 22.5. The van der Waals surface area contributed by atoms with Gasteiger partial charge in [0.15, 0.2) is 0 Å². The number of aryl methyl sites for hydroxylation is 2. The number of nitrogens with one attached hydrogen (secondary N) is 1. The molecule has 4 rings (SSSR count). The molecule has 1 aromatic heterocycles. The lowest BCUT2D eigenvalue weighted by Gasteiger charge is -2.22. The fourth-order valence-electron chi connectivity index (χ4n) is 4.09. The van der Waals surface area contributed by atoms with Gasteiger partial charge in [-0.05, 0) is 90.5 Å². The van der Waals surface area contributed by atoms with Crippen LogP contribution in [0.4, 0.5) is 17.3 Å². The van der Waals surface area contributed by atoms with Gasteiger partial charge in [0.2, 0.25) is 0 Å². The summed E-state index contributed by atoms with van der Waals surface area (Å²) in [5.74, 6) is 3.60. The Bertz CT molecular complexity index is 1090. The quantitative estimate of drug-likeness (QED) is 0.395. The molecule has 1 aliphatic heterocycles. The molecule has 0 radical (unpaired) electrons. The number of aromatic nitrogens is 1. The number of hydrogen-bond acceptors (Lipinski definition) is 5. The number of nitrogens with zero attached hydrogens (tertiary/aromatic N) is 2. The van der Waals surface area contributed by atoms with E-state index in [2.05, 4.69) is 59.1 Å². The minimum Gasteiger partial charge on any atom is -0.497 e. The zero-order chi connectivity index (χ0) is 22.7. The minimum atomic E-state index is 0.499. The van der Waals surface area contributed by atoms with Crippen LogP contribution in [0, 0.1) is 20.8 Å². The van der Waals surface area contributed by atoms with Crippen LogP contribution in [0.15, 0.2) is 46.9 Å². The first-order valence-corrected chi connectivity index (χ1v) is 11.8. The van der Waals surface area contributed by atoms with Gasteiger partial charge in [0.1, 0.15) is 29.7 Å². The van der Waals surface area contributed by atoms with Crippen LogP contribution in [0.2, 0.25) is 0 Å². The van der Waals surface area contributed by atoms with Gasteiger partial charge in [0, 0.05) is 24.3 Å². The van der Waals surface area contributed by atoms with E-state index < -0.39 is 0 Å². The van der Waals surface area contributed by atoms with Crippen LogP contribution in [-0.2, 0) is 6.61 Å². The van der Waals surface area contributed by atoms with E-state index >= 15 is 0 Å². The molecule has 0 saturated carbocycles. The molecular formula is C26H30BrN3O2. The molecule has 5 nitrogen and oxygen atoms in total. The number of pyridine rings is 1. The van der Waals surface area contributed by atoms with Crippen molar-refractivity contribution in [3.05, 3.63) is 69.2 Å². The van der Waals surface area contributed by atoms with Crippen molar-refractivity contribution in [3.63, 3.8) is 0 Å². The summed E-state index contributed by atoms with van der Waals surface area (Å²) >= 11 is 3.70. The van der Waals surface area contributed by atoms with Crippen LogP contribution in [0.3, 0.4) is 0 Å². The average molecular weight is 496 g/mol. The van der Waals surface area contributed by atoms with E-state index in [1.54, 1.807) is 7.11 Å². The third-order valence-corrected chi connectivity index (χ3v) is 6.57. The Balaban J connectivity index is 1.56. The molecule has 2 aromatic carbocycles. The molecule has 0 spiro atoms. The zero-order valence-corrected chi connectivity index (χ0v) is 20.8. The highest BCUT2D eigenvalue weighted by Crippen LogP contribution is 2.36. The van der Waals surface area contributed by atoms with Crippen LogP contribution in [-0.4, -0.2) is 25.2 Å². The van der Waals surface area contributed by atoms with Crippen molar-refractivity contribution >= 4 is 33.3 Å². The second-order valence-electron chi connectivity index (χ2n) is 8.30. The minimum absolute atomic E-state index is 0.499. The van der Waals surface area contributed by atoms with Crippen LogP contribution < -0.4 is 19.7 Å². The first-order valence-electron chi connectivity index (χ1n) is 11.0. The zero-order valence-electron chi connectivity index (χ0n) is 19.2. The summed E-state index contributed by atoms with van der Waals surface area (Å²) in [5.41, 5.74) is 5.53. The van der Waals surface area contributed by atoms with Crippen LogP contribution in [0.5, 0.6) is 11.5 Å². The Labute approximate surface area is 198 Å². The number of rotatable bonds is 7. The molecule has 0 unspecified atom stereocenters. The third kappa shape index (κ3) is 4.85. The summed E-state index contributed by atoms with van der Waals surface area (Å²) in [6, 6.07) is 14.2. The smallest absolute Gasteiger partial charge is 0.147 e. The number of hydrogen-bond donors (Lipinski definition) is 1. The largest absolute Gasteiger partial charge is 0.497 e. The highest BCUT2D eigenvalue weighted by Gasteiger charge is 2.19. The lowest BCUT2D eigenvalue weighted by Crippen LogP contribution is -2.20. The van der Waals surface area contributed by atoms with Gasteiger partial charge in [0.25, 0.3) is 0 Å². The molecule has 2 heterocycles. The standard InChI is InChI=1S/C26H30BrN3O2/c1-17-7-12-23(32-16-20-8-10-21(31-4)11-9-20)19(3)24(17)28-25-22(27)15-18(2)26(29-25)30-13-5-6-14-30/h7-12,15H,5-6,13-14,16H2,1-4H3,(H,28,29). The molecule has 1 fully saturated rings. The molecule has 0 bridgehead atoms.